The standard InChI is InChI=1S/C13H27N3O2S/c1-2-14-11-13-6-9-16(10-7-13)19(17,18)15-8-5-12-3-4-12/h12-15H,2-11H2,1H3. The van der Waals surface area contributed by atoms with Crippen molar-refractivity contribution in [2.45, 2.75) is 39.0 Å². The lowest BCUT2D eigenvalue weighted by molar-refractivity contribution is 0.266. The van der Waals surface area contributed by atoms with Crippen molar-refractivity contribution in [3.63, 3.8) is 0 Å². The van der Waals surface area contributed by atoms with Crippen molar-refractivity contribution in [3.05, 3.63) is 0 Å². The maximum Gasteiger partial charge on any atom is 0.279 e. The Hall–Kier alpha value is -0.170. The number of piperidine rings is 1. The lowest BCUT2D eigenvalue weighted by Crippen LogP contribution is -2.46. The molecule has 0 radical (unpaired) electrons. The van der Waals surface area contributed by atoms with E-state index >= 15 is 0 Å². The van der Waals surface area contributed by atoms with Gasteiger partial charge in [-0.25, -0.2) is 4.72 Å². The summed E-state index contributed by atoms with van der Waals surface area (Å²) in [6.07, 6.45) is 5.48. The Kier molecular flexibility index (Phi) is 5.62. The fourth-order valence-electron chi connectivity index (χ4n) is 2.59. The van der Waals surface area contributed by atoms with Gasteiger partial charge in [-0.3, -0.25) is 0 Å². The van der Waals surface area contributed by atoms with E-state index in [0.29, 0.717) is 25.6 Å². The fraction of sp³-hybridized carbons (Fsp3) is 1.00. The molecule has 5 nitrogen and oxygen atoms in total. The first-order valence-corrected chi connectivity index (χ1v) is 9.01. The quantitative estimate of drug-likeness (QED) is 0.699. The number of hydrogen-bond acceptors (Lipinski definition) is 3. The first-order valence-electron chi connectivity index (χ1n) is 7.57. The van der Waals surface area contributed by atoms with Crippen LogP contribution in [0.25, 0.3) is 0 Å². The second-order valence-electron chi connectivity index (χ2n) is 5.78. The van der Waals surface area contributed by atoms with Gasteiger partial charge in [-0.05, 0) is 44.2 Å². The van der Waals surface area contributed by atoms with E-state index in [1.807, 2.05) is 0 Å². The van der Waals surface area contributed by atoms with Gasteiger partial charge >= 0.3 is 0 Å². The van der Waals surface area contributed by atoms with E-state index < -0.39 is 10.2 Å². The zero-order chi connectivity index (χ0) is 13.7. The number of hydrogen-bond donors (Lipinski definition) is 2. The van der Waals surface area contributed by atoms with Crippen molar-refractivity contribution < 1.29 is 8.42 Å². The lowest BCUT2D eigenvalue weighted by Gasteiger charge is -2.31. The SMILES string of the molecule is CCNCC1CCN(S(=O)(=O)NCCC2CC2)CC1. The predicted octanol–water partition coefficient (Wildman–Crippen LogP) is 0.942. The molecule has 6 heteroatoms. The molecule has 0 atom stereocenters. The summed E-state index contributed by atoms with van der Waals surface area (Å²) in [4.78, 5) is 0. The van der Waals surface area contributed by atoms with Crippen LogP contribution in [0.5, 0.6) is 0 Å². The van der Waals surface area contributed by atoms with Crippen LogP contribution in [0.3, 0.4) is 0 Å². The summed E-state index contributed by atoms with van der Waals surface area (Å²) in [6, 6.07) is 0. The van der Waals surface area contributed by atoms with Crippen LogP contribution in [0.1, 0.15) is 39.0 Å². The first kappa shape index (κ1) is 15.2. The average Bonchev–Trinajstić information content (AvgIpc) is 3.21. The zero-order valence-corrected chi connectivity index (χ0v) is 12.7. The third-order valence-corrected chi connectivity index (χ3v) is 5.74. The third kappa shape index (κ3) is 5.02. The van der Waals surface area contributed by atoms with Crippen LogP contribution in [0.15, 0.2) is 0 Å². The van der Waals surface area contributed by atoms with Gasteiger partial charge in [0.2, 0.25) is 0 Å². The second-order valence-corrected chi connectivity index (χ2v) is 7.54. The van der Waals surface area contributed by atoms with E-state index in [1.54, 1.807) is 4.31 Å². The summed E-state index contributed by atoms with van der Waals surface area (Å²) < 4.78 is 28.6. The molecule has 2 rings (SSSR count). The molecule has 2 N–H and O–H groups in total. The van der Waals surface area contributed by atoms with Crippen molar-refractivity contribution in [2.75, 3.05) is 32.7 Å². The van der Waals surface area contributed by atoms with Crippen molar-refractivity contribution in [1.29, 1.82) is 0 Å². The Bertz CT molecular complexity index is 360. The molecular weight excluding hydrogens is 262 g/mol. The summed E-state index contributed by atoms with van der Waals surface area (Å²) in [5.74, 6) is 1.39. The van der Waals surface area contributed by atoms with E-state index in [9.17, 15) is 8.42 Å². The number of nitrogens with zero attached hydrogens (tertiary/aromatic N) is 1. The van der Waals surface area contributed by atoms with Crippen LogP contribution >= 0.6 is 0 Å². The molecule has 0 spiro atoms. The van der Waals surface area contributed by atoms with Crippen LogP contribution in [-0.2, 0) is 10.2 Å². The van der Waals surface area contributed by atoms with E-state index in [-0.39, 0.29) is 0 Å². The molecular formula is C13H27N3O2S. The van der Waals surface area contributed by atoms with E-state index in [2.05, 4.69) is 17.0 Å². The van der Waals surface area contributed by atoms with Crippen LogP contribution < -0.4 is 10.0 Å². The molecule has 0 unspecified atom stereocenters. The Morgan fingerprint density at radius 2 is 1.79 bits per heavy atom. The topological polar surface area (TPSA) is 61.4 Å². The maximum absolute atomic E-state index is 12.1. The van der Waals surface area contributed by atoms with Gasteiger partial charge < -0.3 is 5.32 Å². The van der Waals surface area contributed by atoms with Gasteiger partial charge in [0.1, 0.15) is 0 Å². The highest BCUT2D eigenvalue weighted by Crippen LogP contribution is 2.31. The molecule has 1 saturated heterocycles. The molecule has 2 aliphatic rings. The molecule has 0 bridgehead atoms. The Labute approximate surface area is 117 Å². The third-order valence-electron chi connectivity index (χ3n) is 4.13. The van der Waals surface area contributed by atoms with Crippen LogP contribution in [0, 0.1) is 11.8 Å². The second kappa shape index (κ2) is 7.02. The van der Waals surface area contributed by atoms with Gasteiger partial charge in [-0.1, -0.05) is 19.8 Å². The Morgan fingerprint density at radius 3 is 2.37 bits per heavy atom. The number of nitrogens with one attached hydrogen (secondary N) is 2. The minimum Gasteiger partial charge on any atom is -0.317 e. The van der Waals surface area contributed by atoms with Crippen molar-refractivity contribution in [1.82, 2.24) is 14.3 Å². The van der Waals surface area contributed by atoms with E-state index in [0.717, 1.165) is 38.3 Å². The van der Waals surface area contributed by atoms with Crippen LogP contribution in [-0.4, -0.2) is 45.4 Å². The molecule has 0 amide bonds. The normalized spacial score (nSPS) is 22.8. The van der Waals surface area contributed by atoms with Crippen molar-refractivity contribution in [2.24, 2.45) is 11.8 Å². The maximum atomic E-state index is 12.1. The van der Waals surface area contributed by atoms with Gasteiger partial charge in [0.25, 0.3) is 10.2 Å². The van der Waals surface area contributed by atoms with Crippen LogP contribution in [0.2, 0.25) is 0 Å². The summed E-state index contributed by atoms with van der Waals surface area (Å²) in [5, 5.41) is 3.34. The smallest absolute Gasteiger partial charge is 0.279 e. The molecule has 19 heavy (non-hydrogen) atoms. The zero-order valence-electron chi connectivity index (χ0n) is 11.9. The van der Waals surface area contributed by atoms with Gasteiger partial charge in [0.15, 0.2) is 0 Å². The molecule has 1 saturated carbocycles. The summed E-state index contributed by atoms with van der Waals surface area (Å²) in [6.45, 7) is 6.03. The highest BCUT2D eigenvalue weighted by atomic mass is 32.2. The molecule has 0 aromatic carbocycles. The fourth-order valence-corrected chi connectivity index (χ4v) is 3.84. The molecule has 112 valence electrons. The highest BCUT2D eigenvalue weighted by molar-refractivity contribution is 7.87. The Morgan fingerprint density at radius 1 is 1.11 bits per heavy atom. The monoisotopic (exact) mass is 289 g/mol. The predicted molar refractivity (Wildman–Crippen MR) is 77.1 cm³/mol. The molecule has 0 aromatic rings. The summed E-state index contributed by atoms with van der Waals surface area (Å²) >= 11 is 0. The molecule has 2 fully saturated rings. The molecule has 0 aromatic heterocycles. The molecule has 1 aliphatic heterocycles. The average molecular weight is 289 g/mol. The number of rotatable bonds is 8. The lowest BCUT2D eigenvalue weighted by atomic mass is 9.98. The van der Waals surface area contributed by atoms with E-state index in [4.69, 9.17) is 0 Å². The van der Waals surface area contributed by atoms with Crippen molar-refractivity contribution in [3.8, 4) is 0 Å². The molecule has 1 aliphatic carbocycles. The van der Waals surface area contributed by atoms with Gasteiger partial charge in [0, 0.05) is 19.6 Å². The largest absolute Gasteiger partial charge is 0.317 e. The highest BCUT2D eigenvalue weighted by Gasteiger charge is 2.28. The Balaban J connectivity index is 1.69. The first-order chi connectivity index (χ1) is 9.12. The summed E-state index contributed by atoms with van der Waals surface area (Å²) in [5.41, 5.74) is 0. The van der Waals surface area contributed by atoms with Gasteiger partial charge in [-0.2, -0.15) is 12.7 Å². The minimum absolute atomic E-state index is 0.602. The van der Waals surface area contributed by atoms with Crippen LogP contribution in [0.4, 0.5) is 0 Å². The van der Waals surface area contributed by atoms with Gasteiger partial charge in [-0.15, -0.1) is 0 Å². The van der Waals surface area contributed by atoms with E-state index in [1.165, 1.54) is 12.8 Å². The van der Waals surface area contributed by atoms with Gasteiger partial charge in [0.05, 0.1) is 0 Å². The summed E-state index contributed by atoms with van der Waals surface area (Å²) in [7, 11) is -3.23. The molecule has 1 heterocycles. The minimum atomic E-state index is -3.23. The van der Waals surface area contributed by atoms with Crippen molar-refractivity contribution >= 4 is 10.2 Å².